The van der Waals surface area contributed by atoms with Gasteiger partial charge in [0.05, 0.1) is 48.4 Å². The Morgan fingerprint density at radius 3 is 1.12 bits per heavy atom. The number of carbonyl (C=O) groups excluding carboxylic acids is 2. The zero-order valence-electron chi connectivity index (χ0n) is 26.8. The van der Waals surface area contributed by atoms with Gasteiger partial charge in [-0.05, 0) is 38.5 Å². The number of carbonyl (C=O) groups is 2. The van der Waals surface area contributed by atoms with E-state index >= 15 is 0 Å². The molecule has 0 aromatic rings. The van der Waals surface area contributed by atoms with Crippen LogP contribution in [0.1, 0.15) is 64.2 Å². The average Bonchev–Trinajstić information content (AvgIpc) is 2.89. The maximum absolute atomic E-state index is 13.5. The average molecular weight is 793 g/mol. The molecule has 2 saturated carbocycles. The third-order valence-corrected chi connectivity index (χ3v) is 13.1. The monoisotopic (exact) mass is 792 g/mol. The van der Waals surface area contributed by atoms with Gasteiger partial charge in [0.15, 0.2) is 0 Å². The minimum Gasteiger partial charge on any atom is -0.748 e. The van der Waals surface area contributed by atoms with Gasteiger partial charge in [-0.2, -0.15) is 10.2 Å². The van der Waals surface area contributed by atoms with Gasteiger partial charge in [0, 0.05) is 0 Å². The van der Waals surface area contributed by atoms with Gasteiger partial charge >= 0.3 is 118 Å². The van der Waals surface area contributed by atoms with Crippen molar-refractivity contribution in [3.05, 3.63) is 11.1 Å². The van der Waals surface area contributed by atoms with Crippen molar-refractivity contribution in [1.82, 2.24) is 10.9 Å². The molecule has 0 amide bonds. The molecule has 248 valence electrons. The summed E-state index contributed by atoms with van der Waals surface area (Å²) in [6.07, 6.45) is -0.0385. The molecule has 4 rings (SSSR count). The van der Waals surface area contributed by atoms with Gasteiger partial charge in [0.25, 0.3) is 0 Å². The van der Waals surface area contributed by atoms with Crippen molar-refractivity contribution >= 4 is 63.5 Å². The van der Waals surface area contributed by atoms with Crippen molar-refractivity contribution in [2.24, 2.45) is 10.2 Å². The van der Waals surface area contributed by atoms with Crippen LogP contribution in [-0.2, 0) is 50.1 Å². The van der Waals surface area contributed by atoms with Gasteiger partial charge in [-0.15, -0.1) is 0 Å². The SMILES string of the molecule is O=C1C(=NNC2CCCCC2S(=O)(=O)[O-])C(S(=O)(=O)[O-])CC2=C1C(=O)C(=NNC1CCCCC1S(=O)(=O)[O-])C(S(=O)(=O)[O-])C2.[Na+].[Na+].[Na+].[Na+]. The van der Waals surface area contributed by atoms with Crippen LogP contribution in [0.5, 0.6) is 0 Å². The second kappa shape index (κ2) is 19.3. The molecule has 2 N–H and O–H groups in total. The van der Waals surface area contributed by atoms with Crippen molar-refractivity contribution < 1.29 is 180 Å². The number of hydrogen-bond donors (Lipinski definition) is 2. The van der Waals surface area contributed by atoms with Gasteiger partial charge in [-0.3, -0.25) is 9.59 Å². The molecule has 6 unspecified atom stereocenters. The Kier molecular flexibility index (Phi) is 20.0. The van der Waals surface area contributed by atoms with Crippen LogP contribution in [0, 0.1) is 0 Å². The van der Waals surface area contributed by atoms with E-state index in [4.69, 9.17) is 0 Å². The van der Waals surface area contributed by atoms with Crippen molar-refractivity contribution in [2.45, 2.75) is 97.3 Å². The summed E-state index contributed by atoms with van der Waals surface area (Å²) >= 11 is 0. The molecule has 4 aliphatic rings. The molecule has 0 radical (unpaired) electrons. The van der Waals surface area contributed by atoms with E-state index in [-0.39, 0.29) is 144 Å². The molecule has 0 heterocycles. The molecule has 26 heteroatoms. The third-order valence-electron chi connectivity index (χ3n) is 8.29. The summed E-state index contributed by atoms with van der Waals surface area (Å²) in [6.45, 7) is 0. The van der Waals surface area contributed by atoms with E-state index in [1.807, 2.05) is 0 Å². The minimum atomic E-state index is -5.41. The van der Waals surface area contributed by atoms with Crippen molar-refractivity contribution in [2.75, 3.05) is 0 Å². The molecule has 2 fully saturated rings. The van der Waals surface area contributed by atoms with Crippen LogP contribution in [0.2, 0.25) is 0 Å². The summed E-state index contributed by atoms with van der Waals surface area (Å²) in [5.41, 5.74) is 1.31. The molecule has 0 aromatic heterocycles. The van der Waals surface area contributed by atoms with E-state index in [0.717, 1.165) is 0 Å². The molecule has 6 atom stereocenters. The Bertz CT molecular complexity index is 1640. The normalized spacial score (nSPS) is 30.2. The van der Waals surface area contributed by atoms with E-state index in [1.165, 1.54) is 0 Å². The first-order valence-electron chi connectivity index (χ1n) is 13.5. The number of nitrogens with one attached hydrogen (secondary N) is 2. The summed E-state index contributed by atoms with van der Waals surface area (Å²) in [6, 6.07) is -2.31. The van der Waals surface area contributed by atoms with E-state index in [9.17, 15) is 61.5 Å². The van der Waals surface area contributed by atoms with Gasteiger partial charge in [0.2, 0.25) is 11.6 Å². The van der Waals surface area contributed by atoms with Gasteiger partial charge in [-0.1, -0.05) is 31.3 Å². The number of hydrogen-bond acceptors (Lipinski definition) is 18. The summed E-state index contributed by atoms with van der Waals surface area (Å²) in [5, 5.41) is -0.103. The zero-order valence-corrected chi connectivity index (χ0v) is 38.0. The van der Waals surface area contributed by atoms with Gasteiger partial charge < -0.3 is 29.1 Å². The Hall–Kier alpha value is 1.66. The number of allylic oxidation sites excluding steroid dienone is 2. The van der Waals surface area contributed by atoms with Crippen LogP contribution < -0.4 is 129 Å². The maximum Gasteiger partial charge on any atom is 1.00 e. The zero-order chi connectivity index (χ0) is 32.8. The first kappa shape index (κ1) is 49.7. The first-order valence-corrected chi connectivity index (χ1v) is 19.4. The van der Waals surface area contributed by atoms with Gasteiger partial charge in [-0.25, -0.2) is 33.7 Å². The minimum absolute atomic E-state index is 0. The second-order valence-electron chi connectivity index (χ2n) is 11.1. The number of nitrogens with zero attached hydrogens (tertiary/aromatic N) is 2. The topological polar surface area (TPSA) is 312 Å². The fourth-order valence-corrected chi connectivity index (χ4v) is 9.90. The van der Waals surface area contributed by atoms with Crippen LogP contribution in [-0.4, -0.2) is 108 Å². The summed E-state index contributed by atoms with van der Waals surface area (Å²) < 4.78 is 143. The molecule has 0 bridgehead atoms. The smallest absolute Gasteiger partial charge is 0.748 e. The Labute approximate surface area is 367 Å². The molecule has 0 saturated heterocycles. The third kappa shape index (κ3) is 11.8. The fraction of sp³-hybridized carbons (Fsp3) is 0.727. The Balaban J connectivity index is 0.00000552. The van der Waals surface area contributed by atoms with Crippen molar-refractivity contribution in [3.8, 4) is 0 Å². The molecule has 0 aliphatic heterocycles. The van der Waals surface area contributed by atoms with E-state index in [0.29, 0.717) is 25.7 Å². The second-order valence-corrected chi connectivity index (χ2v) is 17.4. The molecule has 48 heavy (non-hydrogen) atoms. The summed E-state index contributed by atoms with van der Waals surface area (Å²) in [7, 11) is -20.5. The summed E-state index contributed by atoms with van der Waals surface area (Å²) in [4.78, 5) is 27.0. The van der Waals surface area contributed by atoms with Gasteiger partial charge in [0.1, 0.15) is 42.2 Å². The molecular weight excluding hydrogens is 764 g/mol. The standard InChI is InChI=1S/C22H32N4O14S4.4Na/c27-21-18-11(9-16(43(35,36)37)19(21)25-23-12-5-1-3-7-14(12)41(29,30)31)10-17(44(38,39)40)20(22(18)28)26-24-13-6-2-4-8-15(13)42(32,33)34;;;;/h12-17,23-24H,1-10H2,(H,29,30,31)(H,32,33,34)(H,35,36,37)(H,38,39,40);;;;/q;4*+1/p-4. The summed E-state index contributed by atoms with van der Waals surface area (Å²) in [5.74, 6) is -2.87. The van der Waals surface area contributed by atoms with Crippen molar-refractivity contribution in [1.29, 1.82) is 0 Å². The van der Waals surface area contributed by atoms with E-state index in [2.05, 4.69) is 21.1 Å². The number of rotatable bonds is 8. The molecule has 4 aliphatic carbocycles. The Morgan fingerprint density at radius 1 is 0.521 bits per heavy atom. The fourth-order valence-electron chi connectivity index (χ4n) is 6.11. The molecular formula is C22H28N4Na4O14S4. The van der Waals surface area contributed by atoms with Crippen LogP contribution in [0.15, 0.2) is 21.3 Å². The van der Waals surface area contributed by atoms with E-state index in [1.54, 1.807) is 0 Å². The number of Topliss-reactive ketones (excluding diaryl/α,β-unsaturated/α-hetero) is 2. The number of ketones is 2. The largest absolute Gasteiger partial charge is 1.00 e. The molecule has 18 nitrogen and oxygen atoms in total. The maximum atomic E-state index is 13.5. The van der Waals surface area contributed by atoms with Crippen LogP contribution in [0.3, 0.4) is 0 Å². The predicted molar refractivity (Wildman–Crippen MR) is 146 cm³/mol. The van der Waals surface area contributed by atoms with E-state index < -0.39 is 121 Å². The number of hydrazone groups is 2. The van der Waals surface area contributed by atoms with Crippen molar-refractivity contribution in [3.63, 3.8) is 0 Å². The quantitative estimate of drug-likeness (QED) is 0.0998. The predicted octanol–water partition coefficient (Wildman–Crippen LogP) is -14.3. The van der Waals surface area contributed by atoms with Crippen LogP contribution in [0.25, 0.3) is 0 Å². The molecule has 0 aromatic carbocycles. The first-order chi connectivity index (χ1) is 20.2. The Morgan fingerprint density at radius 2 is 0.833 bits per heavy atom. The molecule has 0 spiro atoms. The van der Waals surface area contributed by atoms with Crippen LogP contribution >= 0.6 is 0 Å². The van der Waals surface area contributed by atoms with Crippen LogP contribution in [0.4, 0.5) is 0 Å².